The van der Waals surface area contributed by atoms with Crippen molar-refractivity contribution in [2.45, 2.75) is 45.4 Å². The Morgan fingerprint density at radius 3 is 2.93 bits per heavy atom. The minimum atomic E-state index is -0.348. The molecule has 3 heterocycles. The number of carbonyl (C=O) groups excluding carboxylic acids is 1. The van der Waals surface area contributed by atoms with Gasteiger partial charge in [0.1, 0.15) is 5.82 Å². The first-order chi connectivity index (χ1) is 12.9. The second kappa shape index (κ2) is 7.17. The van der Waals surface area contributed by atoms with Crippen molar-refractivity contribution in [2.24, 2.45) is 5.92 Å². The summed E-state index contributed by atoms with van der Waals surface area (Å²) >= 11 is 0. The lowest BCUT2D eigenvalue weighted by Crippen LogP contribution is -2.48. The maximum atomic E-state index is 13.5. The monoisotopic (exact) mass is 371 g/mol. The molecule has 0 radical (unpaired) electrons. The number of amides is 1. The third kappa shape index (κ3) is 3.69. The van der Waals surface area contributed by atoms with E-state index < -0.39 is 0 Å². The summed E-state index contributed by atoms with van der Waals surface area (Å²) in [5.74, 6) is 0.0220. The van der Waals surface area contributed by atoms with Crippen LogP contribution in [0.1, 0.15) is 36.3 Å². The summed E-state index contributed by atoms with van der Waals surface area (Å²) in [7, 11) is 0. The molecule has 1 aromatic heterocycles. The van der Waals surface area contributed by atoms with Gasteiger partial charge in [0.25, 0.3) is 5.91 Å². The highest BCUT2D eigenvalue weighted by Gasteiger charge is 2.38. The summed E-state index contributed by atoms with van der Waals surface area (Å²) in [6.07, 6.45) is 1.16. The van der Waals surface area contributed by atoms with E-state index in [-0.39, 0.29) is 23.9 Å². The number of nitrogens with zero attached hydrogens (tertiary/aromatic N) is 2. The molecule has 0 saturated carbocycles. The summed E-state index contributed by atoms with van der Waals surface area (Å²) in [5, 5.41) is 3.85. The van der Waals surface area contributed by atoms with E-state index in [2.05, 4.69) is 29.0 Å². The number of hydrogen-bond donors (Lipinski definition) is 1. The molecule has 0 bridgehead atoms. The summed E-state index contributed by atoms with van der Waals surface area (Å²) in [5.41, 5.74) is 1.77. The molecule has 2 fully saturated rings. The molecule has 2 aliphatic rings. The first-order valence-corrected chi connectivity index (χ1v) is 9.64. The summed E-state index contributed by atoms with van der Waals surface area (Å²) in [4.78, 5) is 19.7. The number of pyridine rings is 1. The maximum Gasteiger partial charge on any atom is 0.252 e. The fourth-order valence-electron chi connectivity index (χ4n) is 4.19. The summed E-state index contributed by atoms with van der Waals surface area (Å²) < 4.78 is 19.5. The second-order valence-electron chi connectivity index (χ2n) is 8.10. The van der Waals surface area contributed by atoms with Gasteiger partial charge < -0.3 is 10.1 Å². The molecular formula is C21H26FN3O2. The van der Waals surface area contributed by atoms with E-state index in [0.717, 1.165) is 26.1 Å². The van der Waals surface area contributed by atoms with Gasteiger partial charge in [0.15, 0.2) is 0 Å². The van der Waals surface area contributed by atoms with E-state index in [1.807, 2.05) is 6.92 Å². The Morgan fingerprint density at radius 1 is 1.33 bits per heavy atom. The topological polar surface area (TPSA) is 54.5 Å². The smallest absolute Gasteiger partial charge is 0.252 e. The number of aryl methyl sites for hydroxylation is 1. The molecule has 4 rings (SSSR count). The van der Waals surface area contributed by atoms with Crippen LogP contribution in [0.3, 0.4) is 0 Å². The summed E-state index contributed by atoms with van der Waals surface area (Å²) in [6, 6.07) is 6.62. The van der Waals surface area contributed by atoms with Gasteiger partial charge >= 0.3 is 0 Å². The van der Waals surface area contributed by atoms with Crippen LogP contribution in [0.5, 0.6) is 0 Å². The number of hydrogen-bond acceptors (Lipinski definition) is 4. The molecule has 0 spiro atoms. The standard InChI is InChI=1S/C21H26FN3O2/c1-12(2)20-10-25-9-15(8-16(25)11-27-20)24-21(26)18-6-13(3)23-19-7-14(22)4-5-17(18)19/h4-7,12,15-16,20H,8-11H2,1-3H3,(H,24,26)/t15-,16+,20-/m1/s1. The highest BCUT2D eigenvalue weighted by molar-refractivity contribution is 6.06. The Kier molecular flexibility index (Phi) is 4.86. The van der Waals surface area contributed by atoms with Crippen LogP contribution in [-0.4, -0.2) is 53.7 Å². The Hall–Kier alpha value is -2.05. The number of halogens is 1. The third-order valence-corrected chi connectivity index (χ3v) is 5.67. The number of carbonyl (C=O) groups is 1. The lowest BCUT2D eigenvalue weighted by molar-refractivity contribution is -0.0683. The van der Waals surface area contributed by atoms with E-state index in [4.69, 9.17) is 4.74 Å². The number of morpholine rings is 1. The largest absolute Gasteiger partial charge is 0.375 e. The molecule has 1 aromatic carbocycles. The van der Waals surface area contributed by atoms with Crippen molar-refractivity contribution in [3.8, 4) is 0 Å². The van der Waals surface area contributed by atoms with Crippen molar-refractivity contribution < 1.29 is 13.9 Å². The number of aromatic nitrogens is 1. The molecule has 2 saturated heterocycles. The molecular weight excluding hydrogens is 345 g/mol. The lowest BCUT2D eigenvalue weighted by Gasteiger charge is -2.36. The van der Waals surface area contributed by atoms with Crippen molar-refractivity contribution in [3.63, 3.8) is 0 Å². The van der Waals surface area contributed by atoms with E-state index >= 15 is 0 Å². The molecule has 2 aromatic rings. The molecule has 1 N–H and O–H groups in total. The van der Waals surface area contributed by atoms with Gasteiger partial charge in [-0.05, 0) is 37.5 Å². The lowest BCUT2D eigenvalue weighted by atomic mass is 10.0. The van der Waals surface area contributed by atoms with Crippen molar-refractivity contribution in [1.82, 2.24) is 15.2 Å². The molecule has 144 valence electrons. The van der Waals surface area contributed by atoms with Crippen molar-refractivity contribution in [2.75, 3.05) is 19.7 Å². The molecule has 27 heavy (non-hydrogen) atoms. The van der Waals surface area contributed by atoms with E-state index in [1.165, 1.54) is 12.1 Å². The van der Waals surface area contributed by atoms with Crippen molar-refractivity contribution >= 4 is 16.8 Å². The molecule has 5 nitrogen and oxygen atoms in total. The van der Waals surface area contributed by atoms with Gasteiger partial charge in [-0.1, -0.05) is 13.8 Å². The number of rotatable bonds is 3. The Balaban J connectivity index is 1.50. The Bertz CT molecular complexity index is 865. The van der Waals surface area contributed by atoms with Crippen LogP contribution in [0.2, 0.25) is 0 Å². The van der Waals surface area contributed by atoms with Gasteiger partial charge in [-0.25, -0.2) is 4.39 Å². The predicted octanol–water partition coefficient (Wildman–Crippen LogP) is 2.91. The average molecular weight is 371 g/mol. The zero-order valence-electron chi connectivity index (χ0n) is 16.0. The normalized spacial score (nSPS) is 25.7. The minimum Gasteiger partial charge on any atom is -0.375 e. The van der Waals surface area contributed by atoms with Crippen molar-refractivity contribution in [3.05, 3.63) is 41.3 Å². The third-order valence-electron chi connectivity index (χ3n) is 5.67. The van der Waals surface area contributed by atoms with Gasteiger partial charge in [0.2, 0.25) is 0 Å². The zero-order chi connectivity index (χ0) is 19.1. The number of benzene rings is 1. The summed E-state index contributed by atoms with van der Waals surface area (Å²) in [6.45, 7) is 8.68. The Morgan fingerprint density at radius 2 is 2.15 bits per heavy atom. The molecule has 2 aliphatic heterocycles. The van der Waals surface area contributed by atoms with Crippen LogP contribution in [0.4, 0.5) is 4.39 Å². The highest BCUT2D eigenvalue weighted by Crippen LogP contribution is 2.26. The van der Waals surface area contributed by atoms with Gasteiger partial charge in [-0.15, -0.1) is 0 Å². The van der Waals surface area contributed by atoms with E-state index in [1.54, 1.807) is 12.1 Å². The fourth-order valence-corrected chi connectivity index (χ4v) is 4.19. The predicted molar refractivity (Wildman–Crippen MR) is 102 cm³/mol. The average Bonchev–Trinajstić information content (AvgIpc) is 3.01. The van der Waals surface area contributed by atoms with Crippen LogP contribution in [0.25, 0.3) is 10.9 Å². The van der Waals surface area contributed by atoms with Crippen LogP contribution in [0.15, 0.2) is 24.3 Å². The number of nitrogens with one attached hydrogen (secondary N) is 1. The van der Waals surface area contributed by atoms with Gasteiger partial charge in [-0.3, -0.25) is 14.7 Å². The number of fused-ring (bicyclic) bond motifs is 2. The van der Waals surface area contributed by atoms with E-state index in [0.29, 0.717) is 34.1 Å². The van der Waals surface area contributed by atoms with Crippen LogP contribution < -0.4 is 5.32 Å². The van der Waals surface area contributed by atoms with E-state index in [9.17, 15) is 9.18 Å². The minimum absolute atomic E-state index is 0.0981. The van der Waals surface area contributed by atoms with Crippen LogP contribution in [0, 0.1) is 18.7 Å². The molecule has 6 heteroatoms. The molecule has 1 amide bonds. The first kappa shape index (κ1) is 18.3. The second-order valence-corrected chi connectivity index (χ2v) is 8.10. The number of ether oxygens (including phenoxy) is 1. The first-order valence-electron chi connectivity index (χ1n) is 9.64. The molecule has 0 aliphatic carbocycles. The van der Waals surface area contributed by atoms with Gasteiger partial charge in [-0.2, -0.15) is 0 Å². The highest BCUT2D eigenvalue weighted by atomic mass is 19.1. The van der Waals surface area contributed by atoms with Gasteiger partial charge in [0.05, 0.1) is 23.8 Å². The molecule has 3 atom stereocenters. The SMILES string of the molecule is Cc1cc(C(=O)N[C@@H]2C[C@H]3CO[C@@H](C(C)C)CN3C2)c2ccc(F)cc2n1. The zero-order valence-corrected chi connectivity index (χ0v) is 16.0. The van der Waals surface area contributed by atoms with Crippen LogP contribution >= 0.6 is 0 Å². The quantitative estimate of drug-likeness (QED) is 0.901. The fraction of sp³-hybridized carbons (Fsp3) is 0.524. The molecule has 0 unspecified atom stereocenters. The maximum absolute atomic E-state index is 13.5. The Labute approximate surface area is 158 Å². The van der Waals surface area contributed by atoms with Gasteiger partial charge in [0, 0.05) is 42.3 Å². The van der Waals surface area contributed by atoms with Crippen LogP contribution in [-0.2, 0) is 4.74 Å². The van der Waals surface area contributed by atoms with Crippen molar-refractivity contribution in [1.29, 1.82) is 0 Å².